The zero-order valence-corrected chi connectivity index (χ0v) is 28.3. The maximum atomic E-state index is 2.41. The molecule has 0 fully saturated rings. The van der Waals surface area contributed by atoms with Crippen LogP contribution < -0.4 is 37.1 Å². The first-order chi connectivity index (χ1) is 22.9. The Balaban J connectivity index is 1.70. The number of rotatable bonds is 10. The minimum atomic E-state index is -2.38. The van der Waals surface area contributed by atoms with Gasteiger partial charge < -0.3 is 0 Å². The fourth-order valence-electron chi connectivity index (χ4n) is 6.48. The quantitative estimate of drug-likeness (QED) is 0.131. The van der Waals surface area contributed by atoms with E-state index in [0.717, 1.165) is 0 Å². The highest BCUT2D eigenvalue weighted by atomic mass is 31.3. The van der Waals surface area contributed by atoms with Gasteiger partial charge in [0, 0.05) is 15.8 Å². The van der Waals surface area contributed by atoms with Crippen molar-refractivity contribution in [3.05, 3.63) is 212 Å². The molecule has 0 bridgehead atoms. The molecule has 7 aromatic carbocycles. The lowest BCUT2D eigenvalue weighted by molar-refractivity contribution is 1.66. The van der Waals surface area contributed by atoms with Gasteiger partial charge in [-0.2, -0.15) is 0 Å². The lowest BCUT2D eigenvalue weighted by Gasteiger charge is -2.43. The molecule has 7 rings (SSSR count). The maximum Gasteiger partial charge on any atom is 0.136 e. The minimum Gasteiger partial charge on any atom is -0.0622 e. The van der Waals surface area contributed by atoms with Crippen molar-refractivity contribution in [1.82, 2.24) is 0 Å². The molecule has 0 amide bonds. The van der Waals surface area contributed by atoms with Gasteiger partial charge in [-0.15, -0.1) is 0 Å². The predicted molar refractivity (Wildman–Crippen MR) is 207 cm³/mol. The minimum absolute atomic E-state index is 0.249. The zero-order valence-electron chi connectivity index (χ0n) is 25.6. The molecule has 7 aromatic rings. The molecular weight excluding hydrogens is 609 g/mol. The third-order valence-corrected chi connectivity index (χ3v) is 21.7. The van der Waals surface area contributed by atoms with E-state index in [1.54, 1.807) is 0 Å². The van der Waals surface area contributed by atoms with Crippen LogP contribution in [0.15, 0.2) is 212 Å². The monoisotopic (exact) mass is 645 g/mol. The van der Waals surface area contributed by atoms with Gasteiger partial charge in [0.15, 0.2) is 0 Å². The highest BCUT2D eigenvalue weighted by Gasteiger charge is 2.59. The van der Waals surface area contributed by atoms with Crippen LogP contribution in [0.5, 0.6) is 0 Å². The van der Waals surface area contributed by atoms with Gasteiger partial charge in [-0.25, -0.2) is 0 Å². The first-order valence-electron chi connectivity index (χ1n) is 15.7. The molecule has 0 saturated carbocycles. The molecule has 3 heteroatoms. The number of benzene rings is 7. The molecule has 0 spiro atoms. The highest BCUT2D eigenvalue weighted by molar-refractivity contribution is 8.13. The summed E-state index contributed by atoms with van der Waals surface area (Å²) >= 11 is 0. The Labute approximate surface area is 276 Å². The maximum absolute atomic E-state index is 2.41. The van der Waals surface area contributed by atoms with Gasteiger partial charge >= 0.3 is 0 Å². The largest absolute Gasteiger partial charge is 0.136 e. The third-order valence-electron chi connectivity index (χ3n) is 8.44. The van der Waals surface area contributed by atoms with Crippen LogP contribution in [0.1, 0.15) is 0 Å². The van der Waals surface area contributed by atoms with E-state index < -0.39 is 23.1 Å². The summed E-state index contributed by atoms with van der Waals surface area (Å²) in [6, 6.07) is 79.9. The van der Waals surface area contributed by atoms with Crippen LogP contribution in [-0.4, -0.2) is 5.14 Å². The fourth-order valence-corrected chi connectivity index (χ4v) is 23.0. The molecule has 0 nitrogen and oxygen atoms in total. The van der Waals surface area contributed by atoms with Gasteiger partial charge in [-0.05, 0) is 57.6 Å². The van der Waals surface area contributed by atoms with Crippen LogP contribution in [0.4, 0.5) is 0 Å². The van der Waals surface area contributed by atoms with Crippen LogP contribution >= 0.6 is 23.1 Å². The number of hydrogen-bond donors (Lipinski definition) is 0. The summed E-state index contributed by atoms with van der Waals surface area (Å²) in [4.78, 5) is 0. The average Bonchev–Trinajstić information content (AvgIpc) is 3.15. The molecule has 0 aliphatic heterocycles. The highest BCUT2D eigenvalue weighted by Crippen LogP contribution is 2.78. The summed E-state index contributed by atoms with van der Waals surface area (Å²) < 4.78 is 0. The molecule has 222 valence electrons. The van der Waals surface area contributed by atoms with E-state index in [1.165, 1.54) is 37.1 Å². The van der Waals surface area contributed by atoms with Crippen molar-refractivity contribution in [2.45, 2.75) is 5.14 Å². The summed E-state index contributed by atoms with van der Waals surface area (Å²) in [6.45, 7) is 0. The van der Waals surface area contributed by atoms with Crippen molar-refractivity contribution in [2.75, 3.05) is 0 Å². The smallest absolute Gasteiger partial charge is 0.0622 e. The Bertz CT molecular complexity index is 1660. The first-order valence-corrected chi connectivity index (χ1v) is 20.4. The van der Waals surface area contributed by atoms with E-state index in [9.17, 15) is 0 Å². The second-order valence-corrected chi connectivity index (χ2v) is 20.5. The van der Waals surface area contributed by atoms with Gasteiger partial charge in [-0.3, -0.25) is 0 Å². The Kier molecular flexibility index (Phi) is 9.61. The molecule has 0 unspecified atom stereocenters. The van der Waals surface area contributed by atoms with Gasteiger partial charge in [0.1, 0.15) is 28.3 Å². The zero-order chi connectivity index (χ0) is 31.0. The standard InChI is InChI=1S/C43H36P3/c1-8-22-36(23-9-1)44(37-24-10-2-11-25-37)43(45(38-26-12-3-13-27-38)39-28-14-4-15-29-39)46(40-30-16-5-17-31-40,41-32-18-6-19-33-41)42-34-20-7-21-35-42/h1-35,43H/q+1. The first kappa shape index (κ1) is 30.5. The van der Waals surface area contributed by atoms with Crippen molar-refractivity contribution in [2.24, 2.45) is 0 Å². The predicted octanol–water partition coefficient (Wildman–Crippen LogP) is 8.53. The number of hydrogen-bond acceptors (Lipinski definition) is 0. The summed E-state index contributed by atoms with van der Waals surface area (Å²) in [6.07, 6.45) is 0. The Morgan fingerprint density at radius 2 is 0.457 bits per heavy atom. The van der Waals surface area contributed by atoms with Crippen LogP contribution in [-0.2, 0) is 0 Å². The molecule has 0 heterocycles. The normalized spacial score (nSPS) is 11.6. The molecule has 0 aromatic heterocycles. The van der Waals surface area contributed by atoms with Crippen molar-refractivity contribution in [3.8, 4) is 0 Å². The molecular formula is C43H36P3+. The van der Waals surface area contributed by atoms with E-state index in [0.29, 0.717) is 0 Å². The van der Waals surface area contributed by atoms with Gasteiger partial charge in [0.25, 0.3) is 0 Å². The van der Waals surface area contributed by atoms with Crippen molar-refractivity contribution >= 4 is 60.2 Å². The summed E-state index contributed by atoms with van der Waals surface area (Å²) in [5.41, 5.74) is 0. The van der Waals surface area contributed by atoms with Gasteiger partial charge in [0.05, 0.1) is 0 Å². The van der Waals surface area contributed by atoms with E-state index in [2.05, 4.69) is 212 Å². The van der Waals surface area contributed by atoms with E-state index in [-0.39, 0.29) is 5.14 Å². The fraction of sp³-hybridized carbons (Fsp3) is 0.0233. The molecule has 0 radical (unpaired) electrons. The second-order valence-electron chi connectivity index (χ2n) is 11.2. The van der Waals surface area contributed by atoms with E-state index in [4.69, 9.17) is 0 Å². The van der Waals surface area contributed by atoms with Crippen LogP contribution in [0.3, 0.4) is 0 Å². The van der Waals surface area contributed by atoms with Gasteiger partial charge in [-0.1, -0.05) is 176 Å². The average molecular weight is 646 g/mol. The molecule has 0 atom stereocenters. The Hall–Kier alpha value is -4.17. The van der Waals surface area contributed by atoms with E-state index >= 15 is 0 Å². The Morgan fingerprint density at radius 1 is 0.261 bits per heavy atom. The van der Waals surface area contributed by atoms with E-state index in [1.807, 2.05) is 0 Å². The topological polar surface area (TPSA) is 0 Å². The summed E-state index contributed by atoms with van der Waals surface area (Å²) in [5, 5.41) is 10.2. The molecule has 0 N–H and O–H groups in total. The molecule has 46 heavy (non-hydrogen) atoms. The van der Waals surface area contributed by atoms with Crippen molar-refractivity contribution in [3.63, 3.8) is 0 Å². The lowest BCUT2D eigenvalue weighted by atomic mass is 10.4. The molecule has 0 aliphatic carbocycles. The van der Waals surface area contributed by atoms with Crippen molar-refractivity contribution < 1.29 is 0 Å². The molecule has 0 aliphatic rings. The third kappa shape index (κ3) is 6.03. The summed E-state index contributed by atoms with van der Waals surface area (Å²) in [7, 11) is -4.14. The van der Waals surface area contributed by atoms with Crippen LogP contribution in [0.2, 0.25) is 0 Å². The SMILES string of the molecule is c1ccc(P(c2ccccc2)C(P(c2ccccc2)c2ccccc2)[P+](c2ccccc2)(c2ccccc2)c2ccccc2)cc1. The molecule has 0 saturated heterocycles. The van der Waals surface area contributed by atoms with Crippen LogP contribution in [0, 0.1) is 0 Å². The van der Waals surface area contributed by atoms with Crippen molar-refractivity contribution in [1.29, 1.82) is 0 Å². The summed E-state index contributed by atoms with van der Waals surface area (Å²) in [5.74, 6) is 0. The lowest BCUT2D eigenvalue weighted by Crippen LogP contribution is -2.42. The second kappa shape index (κ2) is 14.5. The van der Waals surface area contributed by atoms with Crippen LogP contribution in [0.25, 0.3) is 0 Å². The van der Waals surface area contributed by atoms with Gasteiger partial charge in [0.2, 0.25) is 0 Å². The Morgan fingerprint density at radius 3 is 0.674 bits per heavy atom.